The summed E-state index contributed by atoms with van der Waals surface area (Å²) in [6.07, 6.45) is 12.6. The van der Waals surface area contributed by atoms with Crippen molar-refractivity contribution >= 4 is 0 Å². The fourth-order valence-corrected chi connectivity index (χ4v) is 2.32. The van der Waals surface area contributed by atoms with Crippen LogP contribution in [0.2, 0.25) is 0 Å². The van der Waals surface area contributed by atoms with Gasteiger partial charge in [0.25, 0.3) is 0 Å². The molecule has 0 radical (unpaired) electrons. The van der Waals surface area contributed by atoms with E-state index in [-0.39, 0.29) is 23.2 Å². The molecule has 2 fully saturated rings. The van der Waals surface area contributed by atoms with Gasteiger partial charge in [-0.3, -0.25) is 0 Å². The molecule has 0 bridgehead atoms. The van der Waals surface area contributed by atoms with E-state index in [4.69, 9.17) is 5.11 Å². The Morgan fingerprint density at radius 1 is 0.857 bits per heavy atom. The summed E-state index contributed by atoms with van der Waals surface area (Å²) >= 11 is 0. The van der Waals surface area contributed by atoms with Crippen molar-refractivity contribution < 1.29 is 22.2 Å². The van der Waals surface area contributed by atoms with Crippen molar-refractivity contribution in [3.05, 3.63) is 0 Å². The molecule has 2 aliphatic carbocycles. The quantitative estimate of drug-likeness (QED) is 0.695. The summed E-state index contributed by atoms with van der Waals surface area (Å²) in [5, 5.41) is 9.05. The Morgan fingerprint density at radius 3 is 1.43 bits per heavy atom. The Morgan fingerprint density at radius 2 is 1.21 bits per heavy atom. The average Bonchev–Trinajstić information content (AvgIpc) is 2.82. The summed E-state index contributed by atoms with van der Waals surface area (Å²) < 4.78 is 0. The number of hydrogen-bond acceptors (Lipinski definition) is 1. The van der Waals surface area contributed by atoms with Crippen LogP contribution in [0.25, 0.3) is 0 Å². The monoisotopic (exact) mass is 240 g/mol. The maximum Gasteiger partial charge on any atom is 0.0540 e. The van der Waals surface area contributed by atoms with Crippen LogP contribution in [-0.4, -0.2) is 11.2 Å². The van der Waals surface area contributed by atoms with Crippen molar-refractivity contribution in [2.24, 2.45) is 5.92 Å². The van der Waals surface area contributed by atoms with Gasteiger partial charge >= 0.3 is 0 Å². The van der Waals surface area contributed by atoms with Crippen molar-refractivity contribution in [2.75, 3.05) is 0 Å². The Kier molecular flexibility index (Phi) is 9.06. The predicted molar refractivity (Wildman–Crippen MR) is 56.7 cm³/mol. The van der Waals surface area contributed by atoms with Crippen molar-refractivity contribution in [2.45, 2.75) is 70.8 Å². The third-order valence-corrected chi connectivity index (χ3v) is 3.33. The molecule has 0 aromatic carbocycles. The molecule has 2 heteroatoms. The van der Waals surface area contributed by atoms with Crippen molar-refractivity contribution in [3.8, 4) is 0 Å². The standard InChI is InChI=1S/C7H14O.C5H10.Fe/c1-6(8)7-4-2-3-5-7;1-2-4-5-3-1;/h6-8H,2-5H2,1H3;1-5H2;/t6-;;/m1../s1. The van der Waals surface area contributed by atoms with E-state index in [1.165, 1.54) is 57.8 Å². The zero-order chi connectivity index (χ0) is 9.52. The van der Waals surface area contributed by atoms with Crippen LogP contribution in [0.4, 0.5) is 0 Å². The summed E-state index contributed by atoms with van der Waals surface area (Å²) in [7, 11) is 0. The van der Waals surface area contributed by atoms with E-state index in [0.29, 0.717) is 5.92 Å². The molecule has 0 amide bonds. The molecule has 0 aromatic heterocycles. The van der Waals surface area contributed by atoms with E-state index in [1.807, 2.05) is 6.92 Å². The van der Waals surface area contributed by atoms with Crippen LogP contribution in [0, 0.1) is 5.92 Å². The molecule has 0 heterocycles. The molecule has 0 aliphatic heterocycles. The third kappa shape index (κ3) is 6.06. The van der Waals surface area contributed by atoms with Gasteiger partial charge < -0.3 is 5.11 Å². The Labute approximate surface area is 99.1 Å². The Balaban J connectivity index is 0.000000246. The molecular formula is C12H24FeO. The molecule has 0 saturated heterocycles. The van der Waals surface area contributed by atoms with Gasteiger partial charge in [-0.1, -0.05) is 44.9 Å². The van der Waals surface area contributed by atoms with Crippen LogP contribution in [0.1, 0.15) is 64.7 Å². The average molecular weight is 240 g/mol. The van der Waals surface area contributed by atoms with E-state index in [2.05, 4.69) is 0 Å². The van der Waals surface area contributed by atoms with E-state index in [9.17, 15) is 0 Å². The van der Waals surface area contributed by atoms with Crippen LogP contribution in [-0.2, 0) is 17.1 Å². The summed E-state index contributed by atoms with van der Waals surface area (Å²) in [6.45, 7) is 1.90. The van der Waals surface area contributed by atoms with Gasteiger partial charge in [0.05, 0.1) is 6.10 Å². The van der Waals surface area contributed by atoms with Gasteiger partial charge in [0.1, 0.15) is 0 Å². The maximum absolute atomic E-state index is 9.05. The van der Waals surface area contributed by atoms with Crippen LogP contribution in [0.3, 0.4) is 0 Å². The minimum absolute atomic E-state index is 0. The van der Waals surface area contributed by atoms with E-state index >= 15 is 0 Å². The number of rotatable bonds is 1. The second-order valence-electron chi connectivity index (χ2n) is 4.55. The third-order valence-electron chi connectivity index (χ3n) is 3.33. The number of hydrogen-bond donors (Lipinski definition) is 1. The van der Waals surface area contributed by atoms with Crippen molar-refractivity contribution in [1.29, 1.82) is 0 Å². The van der Waals surface area contributed by atoms with Gasteiger partial charge in [0.15, 0.2) is 0 Å². The molecule has 86 valence electrons. The SMILES string of the molecule is C1CCCC1.C[C@@H](O)C1CCCC1.[Fe]. The summed E-state index contributed by atoms with van der Waals surface area (Å²) in [6, 6.07) is 0. The molecule has 0 unspecified atom stereocenters. The normalized spacial score (nSPS) is 23.6. The molecule has 14 heavy (non-hydrogen) atoms. The smallest absolute Gasteiger partial charge is 0.0540 e. The first kappa shape index (κ1) is 14.5. The minimum Gasteiger partial charge on any atom is -0.393 e. The molecule has 1 atom stereocenters. The molecule has 1 N–H and O–H groups in total. The predicted octanol–water partition coefficient (Wildman–Crippen LogP) is 3.51. The zero-order valence-corrected chi connectivity index (χ0v) is 10.4. The van der Waals surface area contributed by atoms with Crippen molar-refractivity contribution in [1.82, 2.24) is 0 Å². The molecule has 0 aromatic rings. The minimum atomic E-state index is -0.0579. The Bertz CT molecular complexity index is 108. The van der Waals surface area contributed by atoms with Gasteiger partial charge in [-0.05, 0) is 25.7 Å². The van der Waals surface area contributed by atoms with E-state index < -0.39 is 0 Å². The molecule has 1 nitrogen and oxygen atoms in total. The second-order valence-corrected chi connectivity index (χ2v) is 4.55. The van der Waals surface area contributed by atoms with Gasteiger partial charge in [0, 0.05) is 17.1 Å². The first-order valence-electron chi connectivity index (χ1n) is 5.99. The number of aliphatic hydroxyl groups is 1. The van der Waals surface area contributed by atoms with E-state index in [0.717, 1.165) is 0 Å². The Hall–Kier alpha value is 0.479. The van der Waals surface area contributed by atoms with Gasteiger partial charge in [-0.25, -0.2) is 0 Å². The maximum atomic E-state index is 9.05. The van der Waals surface area contributed by atoms with Crippen molar-refractivity contribution in [3.63, 3.8) is 0 Å². The molecule has 2 aliphatic rings. The fourth-order valence-electron chi connectivity index (χ4n) is 2.32. The van der Waals surface area contributed by atoms with Gasteiger partial charge in [-0.15, -0.1) is 0 Å². The van der Waals surface area contributed by atoms with Crippen LogP contribution >= 0.6 is 0 Å². The molecule has 0 spiro atoms. The summed E-state index contributed by atoms with van der Waals surface area (Å²) in [5.41, 5.74) is 0. The van der Waals surface area contributed by atoms with E-state index in [1.54, 1.807) is 0 Å². The number of aliphatic hydroxyl groups excluding tert-OH is 1. The first-order chi connectivity index (χ1) is 6.30. The second kappa shape index (κ2) is 8.76. The van der Waals surface area contributed by atoms with Gasteiger partial charge in [0.2, 0.25) is 0 Å². The van der Waals surface area contributed by atoms with Crippen LogP contribution < -0.4 is 0 Å². The molecule has 2 rings (SSSR count). The van der Waals surface area contributed by atoms with Crippen LogP contribution in [0.15, 0.2) is 0 Å². The summed E-state index contributed by atoms with van der Waals surface area (Å²) in [5.74, 6) is 0.620. The van der Waals surface area contributed by atoms with Crippen LogP contribution in [0.5, 0.6) is 0 Å². The topological polar surface area (TPSA) is 20.2 Å². The zero-order valence-electron chi connectivity index (χ0n) is 9.32. The molecule has 2 saturated carbocycles. The largest absolute Gasteiger partial charge is 0.393 e. The molecular weight excluding hydrogens is 216 g/mol. The summed E-state index contributed by atoms with van der Waals surface area (Å²) in [4.78, 5) is 0. The van der Waals surface area contributed by atoms with Gasteiger partial charge in [-0.2, -0.15) is 0 Å². The first-order valence-corrected chi connectivity index (χ1v) is 5.99. The fraction of sp³-hybridized carbons (Fsp3) is 1.00.